The van der Waals surface area contributed by atoms with Crippen molar-refractivity contribution < 1.29 is 4.79 Å². The van der Waals surface area contributed by atoms with Crippen LogP contribution in [0, 0.1) is 0 Å². The highest BCUT2D eigenvalue weighted by Crippen LogP contribution is 2.05. The molecule has 98 valence electrons. The molecule has 0 bridgehead atoms. The first kappa shape index (κ1) is 18.5. The summed E-state index contributed by atoms with van der Waals surface area (Å²) in [6, 6.07) is 3.62. The number of rotatable bonds is 6. The fourth-order valence-electron chi connectivity index (χ4n) is 1.27. The van der Waals surface area contributed by atoms with Crippen molar-refractivity contribution in [1.82, 2.24) is 4.98 Å². The van der Waals surface area contributed by atoms with E-state index in [1.807, 2.05) is 6.07 Å². The Kier molecular flexibility index (Phi) is 12.7. The van der Waals surface area contributed by atoms with Crippen LogP contribution in [0.4, 0.5) is 5.69 Å². The van der Waals surface area contributed by atoms with Crippen LogP contribution in [0.15, 0.2) is 24.5 Å². The van der Waals surface area contributed by atoms with Crippen molar-refractivity contribution in [3.8, 4) is 0 Å². The minimum absolute atomic E-state index is 0. The maximum Gasteiger partial charge on any atom is 0.224 e. The van der Waals surface area contributed by atoms with Gasteiger partial charge in [-0.2, -0.15) is 0 Å². The Bertz CT molecular complexity index is 296. The van der Waals surface area contributed by atoms with Gasteiger partial charge >= 0.3 is 0 Å². The molecule has 0 atom stereocenters. The molecule has 4 nitrogen and oxygen atoms in total. The van der Waals surface area contributed by atoms with Gasteiger partial charge in [-0.15, -0.1) is 24.8 Å². The molecule has 1 aromatic rings. The normalized spacial score (nSPS) is 8.76. The molecule has 0 aliphatic carbocycles. The van der Waals surface area contributed by atoms with E-state index >= 15 is 0 Å². The molecule has 1 aromatic heterocycles. The zero-order chi connectivity index (χ0) is 10.9. The first-order valence-electron chi connectivity index (χ1n) is 5.23. The third kappa shape index (κ3) is 8.92. The molecule has 17 heavy (non-hydrogen) atoms. The summed E-state index contributed by atoms with van der Waals surface area (Å²) < 4.78 is 0. The predicted octanol–water partition coefficient (Wildman–Crippen LogP) is 2.38. The van der Waals surface area contributed by atoms with Gasteiger partial charge in [-0.1, -0.05) is 6.42 Å². The number of halogens is 2. The Hall–Kier alpha value is -0.840. The van der Waals surface area contributed by atoms with Crippen LogP contribution in [0.25, 0.3) is 0 Å². The van der Waals surface area contributed by atoms with Crippen molar-refractivity contribution in [2.45, 2.75) is 25.7 Å². The van der Waals surface area contributed by atoms with E-state index in [9.17, 15) is 4.79 Å². The Morgan fingerprint density at radius 2 is 2.06 bits per heavy atom. The fourth-order valence-corrected chi connectivity index (χ4v) is 1.27. The zero-order valence-corrected chi connectivity index (χ0v) is 11.2. The number of pyridine rings is 1. The largest absolute Gasteiger partial charge is 0.330 e. The molecule has 0 aliphatic rings. The monoisotopic (exact) mass is 279 g/mol. The van der Waals surface area contributed by atoms with Crippen molar-refractivity contribution in [2.75, 3.05) is 11.9 Å². The van der Waals surface area contributed by atoms with Crippen LogP contribution < -0.4 is 11.1 Å². The number of aromatic nitrogens is 1. The number of hydrogen-bond donors (Lipinski definition) is 2. The maximum absolute atomic E-state index is 11.4. The summed E-state index contributed by atoms with van der Waals surface area (Å²) in [6.07, 6.45) is 6.75. The predicted molar refractivity (Wildman–Crippen MR) is 74.9 cm³/mol. The lowest BCUT2D eigenvalue weighted by Gasteiger charge is -2.03. The van der Waals surface area contributed by atoms with E-state index in [0.717, 1.165) is 24.9 Å². The Balaban J connectivity index is 0. The Labute approximate surface area is 114 Å². The van der Waals surface area contributed by atoms with Crippen LogP contribution in [0.5, 0.6) is 0 Å². The molecular formula is C11H19Cl2N3O. The number of nitrogens with one attached hydrogen (secondary N) is 1. The van der Waals surface area contributed by atoms with E-state index in [1.165, 1.54) is 0 Å². The van der Waals surface area contributed by atoms with E-state index in [2.05, 4.69) is 10.3 Å². The third-order valence-corrected chi connectivity index (χ3v) is 2.05. The molecule has 1 heterocycles. The lowest BCUT2D eigenvalue weighted by molar-refractivity contribution is -0.116. The average Bonchev–Trinajstić information content (AvgIpc) is 2.26. The van der Waals surface area contributed by atoms with E-state index in [-0.39, 0.29) is 30.7 Å². The van der Waals surface area contributed by atoms with Crippen LogP contribution in [-0.4, -0.2) is 17.4 Å². The number of carbonyl (C=O) groups is 1. The third-order valence-electron chi connectivity index (χ3n) is 2.05. The van der Waals surface area contributed by atoms with Crippen LogP contribution in [-0.2, 0) is 4.79 Å². The number of nitrogens with two attached hydrogens (primary N) is 1. The summed E-state index contributed by atoms with van der Waals surface area (Å²) in [5.74, 6) is 0.0417. The van der Waals surface area contributed by atoms with Crippen molar-refractivity contribution in [3.05, 3.63) is 24.5 Å². The summed E-state index contributed by atoms with van der Waals surface area (Å²) in [4.78, 5) is 15.3. The molecule has 6 heteroatoms. The second-order valence-corrected chi connectivity index (χ2v) is 3.39. The lowest BCUT2D eigenvalue weighted by atomic mass is 10.2. The summed E-state index contributed by atoms with van der Waals surface area (Å²) in [5.41, 5.74) is 6.11. The maximum atomic E-state index is 11.4. The number of nitrogens with zero attached hydrogens (tertiary/aromatic N) is 1. The molecule has 0 radical (unpaired) electrons. The number of carbonyl (C=O) groups excluding carboxylic acids is 1. The van der Waals surface area contributed by atoms with E-state index < -0.39 is 0 Å². The second kappa shape index (κ2) is 11.6. The highest BCUT2D eigenvalue weighted by atomic mass is 35.5. The van der Waals surface area contributed by atoms with Gasteiger partial charge in [0.2, 0.25) is 5.91 Å². The Morgan fingerprint density at radius 3 is 2.65 bits per heavy atom. The molecule has 0 spiro atoms. The van der Waals surface area contributed by atoms with E-state index in [4.69, 9.17) is 5.73 Å². The highest BCUT2D eigenvalue weighted by Gasteiger charge is 2.01. The summed E-state index contributed by atoms with van der Waals surface area (Å²) in [5, 5.41) is 2.79. The van der Waals surface area contributed by atoms with Crippen LogP contribution in [0.3, 0.4) is 0 Å². The van der Waals surface area contributed by atoms with Crippen molar-refractivity contribution in [1.29, 1.82) is 0 Å². The second-order valence-electron chi connectivity index (χ2n) is 3.39. The average molecular weight is 280 g/mol. The first-order valence-corrected chi connectivity index (χ1v) is 5.23. The van der Waals surface area contributed by atoms with Crippen molar-refractivity contribution >= 4 is 36.4 Å². The molecule has 1 rings (SSSR count). The topological polar surface area (TPSA) is 68.0 Å². The van der Waals surface area contributed by atoms with E-state index in [0.29, 0.717) is 13.0 Å². The van der Waals surface area contributed by atoms with Gasteiger partial charge in [-0.25, -0.2) is 0 Å². The molecule has 3 N–H and O–H groups in total. The van der Waals surface area contributed by atoms with Gasteiger partial charge in [0.1, 0.15) is 0 Å². The molecule has 0 aromatic carbocycles. The number of hydrogen-bond acceptors (Lipinski definition) is 3. The van der Waals surface area contributed by atoms with Crippen LogP contribution in [0.2, 0.25) is 0 Å². The number of amides is 1. The molecule has 0 saturated heterocycles. The van der Waals surface area contributed by atoms with Gasteiger partial charge in [-0.05, 0) is 31.5 Å². The summed E-state index contributed by atoms with van der Waals surface area (Å²) in [7, 11) is 0. The lowest BCUT2D eigenvalue weighted by Crippen LogP contribution is -2.11. The summed E-state index contributed by atoms with van der Waals surface area (Å²) >= 11 is 0. The minimum atomic E-state index is 0. The van der Waals surface area contributed by atoms with Gasteiger partial charge < -0.3 is 11.1 Å². The molecule has 0 aliphatic heterocycles. The quantitative estimate of drug-likeness (QED) is 0.786. The van der Waals surface area contributed by atoms with Crippen LogP contribution in [0.1, 0.15) is 25.7 Å². The van der Waals surface area contributed by atoms with E-state index in [1.54, 1.807) is 18.5 Å². The van der Waals surface area contributed by atoms with Gasteiger partial charge in [-0.3, -0.25) is 9.78 Å². The van der Waals surface area contributed by atoms with Gasteiger partial charge in [0.25, 0.3) is 0 Å². The van der Waals surface area contributed by atoms with Gasteiger partial charge in [0.05, 0.1) is 11.9 Å². The molecular weight excluding hydrogens is 261 g/mol. The first-order chi connectivity index (χ1) is 7.33. The minimum Gasteiger partial charge on any atom is -0.330 e. The zero-order valence-electron chi connectivity index (χ0n) is 9.59. The van der Waals surface area contributed by atoms with Gasteiger partial charge in [0, 0.05) is 12.6 Å². The van der Waals surface area contributed by atoms with Gasteiger partial charge in [0.15, 0.2) is 0 Å². The highest BCUT2D eigenvalue weighted by molar-refractivity contribution is 5.90. The smallest absolute Gasteiger partial charge is 0.224 e. The fraction of sp³-hybridized carbons (Fsp3) is 0.455. The van der Waals surface area contributed by atoms with Crippen LogP contribution >= 0.6 is 24.8 Å². The number of anilines is 1. The van der Waals surface area contributed by atoms with Crippen molar-refractivity contribution in [2.24, 2.45) is 5.73 Å². The molecule has 0 saturated carbocycles. The van der Waals surface area contributed by atoms with Crippen molar-refractivity contribution in [3.63, 3.8) is 0 Å². The molecule has 0 unspecified atom stereocenters. The molecule has 1 amide bonds. The Morgan fingerprint density at radius 1 is 1.29 bits per heavy atom. The summed E-state index contributed by atoms with van der Waals surface area (Å²) in [6.45, 7) is 0.699. The molecule has 0 fully saturated rings. The standard InChI is InChI=1S/C11H17N3O.2ClH/c12-7-3-1-2-6-11(15)14-10-5-4-8-13-9-10;;/h4-5,8-9H,1-3,6-7,12H2,(H,14,15);2*1H. The SMILES string of the molecule is Cl.Cl.NCCCCCC(=O)Nc1cccnc1. The number of unbranched alkanes of at least 4 members (excludes halogenated alkanes) is 2.